The molecule has 3 amide bonds. The number of rotatable bonds is 5. The van der Waals surface area contributed by atoms with Gasteiger partial charge in [0.1, 0.15) is 11.7 Å². The summed E-state index contributed by atoms with van der Waals surface area (Å²) in [6.07, 6.45) is 4.58. The lowest BCUT2D eigenvalue weighted by Crippen LogP contribution is -2.59. The number of benzene rings is 1. The monoisotopic (exact) mass is 497 g/mol. The Bertz CT molecular complexity index is 1010. The second-order valence-corrected chi connectivity index (χ2v) is 12.7. The molecule has 1 aromatic rings. The van der Waals surface area contributed by atoms with Gasteiger partial charge in [-0.25, -0.2) is 9.59 Å². The first-order valence-corrected chi connectivity index (χ1v) is 13.3. The van der Waals surface area contributed by atoms with Gasteiger partial charge in [-0.2, -0.15) is 0 Å². The molecule has 0 radical (unpaired) electrons. The first kappa shape index (κ1) is 24.9. The Labute approximate surface area is 213 Å². The summed E-state index contributed by atoms with van der Waals surface area (Å²) in [6, 6.07) is 9.97. The largest absolute Gasteiger partial charge is 0.446 e. The molecule has 36 heavy (non-hydrogen) atoms. The third-order valence-electron chi connectivity index (χ3n) is 8.71. The van der Waals surface area contributed by atoms with E-state index >= 15 is 0 Å². The molecule has 196 valence electrons. The Morgan fingerprint density at radius 3 is 2.36 bits per heavy atom. The van der Waals surface area contributed by atoms with E-state index < -0.39 is 22.6 Å². The molecule has 1 aromatic carbocycles. The average Bonchev–Trinajstić information content (AvgIpc) is 3.18. The van der Waals surface area contributed by atoms with E-state index in [9.17, 15) is 14.4 Å². The lowest BCUT2D eigenvalue weighted by Gasteiger charge is -2.58. The number of hydrogen-bond acceptors (Lipinski definition) is 5. The summed E-state index contributed by atoms with van der Waals surface area (Å²) in [7, 11) is 0. The second-order valence-electron chi connectivity index (χ2n) is 12.7. The highest BCUT2D eigenvalue weighted by Crippen LogP contribution is 2.60. The zero-order chi connectivity index (χ0) is 25.7. The highest BCUT2D eigenvalue weighted by atomic mass is 16.6. The summed E-state index contributed by atoms with van der Waals surface area (Å²) in [5.41, 5.74) is 5.24. The van der Waals surface area contributed by atoms with Crippen LogP contribution in [0.2, 0.25) is 0 Å². The number of likely N-dealkylation sites (tertiary alicyclic amines) is 1. The van der Waals surface area contributed by atoms with Crippen molar-refractivity contribution in [3.05, 3.63) is 35.9 Å². The van der Waals surface area contributed by atoms with Gasteiger partial charge < -0.3 is 25.4 Å². The minimum Gasteiger partial charge on any atom is -0.446 e. The molecular formula is C28H39N3O5. The maximum absolute atomic E-state index is 13.4. The van der Waals surface area contributed by atoms with Crippen LogP contribution in [0, 0.1) is 23.2 Å². The van der Waals surface area contributed by atoms with Gasteiger partial charge in [0.15, 0.2) is 0 Å². The predicted molar refractivity (Wildman–Crippen MR) is 134 cm³/mol. The molecule has 5 unspecified atom stereocenters. The molecule has 3 N–H and O–H groups in total. The van der Waals surface area contributed by atoms with E-state index in [0.717, 1.165) is 37.7 Å². The molecule has 1 aliphatic heterocycles. The van der Waals surface area contributed by atoms with E-state index in [2.05, 4.69) is 5.32 Å². The van der Waals surface area contributed by atoms with Crippen LogP contribution >= 0.6 is 0 Å². The Balaban J connectivity index is 1.27. The van der Waals surface area contributed by atoms with Crippen LogP contribution in [-0.2, 0) is 20.7 Å². The molecular weight excluding hydrogens is 458 g/mol. The summed E-state index contributed by atoms with van der Waals surface area (Å²) in [4.78, 5) is 40.1. The van der Waals surface area contributed by atoms with Crippen molar-refractivity contribution in [1.29, 1.82) is 0 Å². The normalized spacial score (nSPS) is 34.9. The Morgan fingerprint density at radius 2 is 1.75 bits per heavy atom. The number of nitrogens with one attached hydrogen (secondary N) is 1. The minimum atomic E-state index is -0.636. The van der Waals surface area contributed by atoms with Gasteiger partial charge in [0.05, 0.1) is 11.0 Å². The Morgan fingerprint density at radius 1 is 1.08 bits per heavy atom. The zero-order valence-electron chi connectivity index (χ0n) is 21.6. The molecule has 0 spiro atoms. The van der Waals surface area contributed by atoms with Crippen LogP contribution in [0.5, 0.6) is 0 Å². The predicted octanol–water partition coefficient (Wildman–Crippen LogP) is 4.02. The van der Waals surface area contributed by atoms with Crippen LogP contribution in [0.3, 0.4) is 0 Å². The van der Waals surface area contributed by atoms with Crippen molar-refractivity contribution in [3.63, 3.8) is 0 Å². The second kappa shape index (κ2) is 8.96. The minimum absolute atomic E-state index is 0.163. The Hall–Kier alpha value is -2.77. The van der Waals surface area contributed by atoms with Gasteiger partial charge in [-0.3, -0.25) is 4.79 Å². The van der Waals surface area contributed by atoms with Crippen molar-refractivity contribution in [2.45, 2.75) is 83.0 Å². The van der Waals surface area contributed by atoms with Crippen LogP contribution in [0.25, 0.3) is 0 Å². The molecule has 6 atom stereocenters. The van der Waals surface area contributed by atoms with Crippen molar-refractivity contribution in [3.8, 4) is 0 Å². The number of primary amides is 1. The highest BCUT2D eigenvalue weighted by Gasteiger charge is 2.59. The van der Waals surface area contributed by atoms with Crippen LogP contribution in [0.1, 0.15) is 64.9 Å². The fraction of sp³-hybridized carbons (Fsp3) is 0.679. The summed E-state index contributed by atoms with van der Waals surface area (Å²) >= 11 is 0. The van der Waals surface area contributed by atoms with E-state index in [1.54, 1.807) is 4.90 Å². The molecule has 8 nitrogen and oxygen atoms in total. The first-order valence-electron chi connectivity index (χ1n) is 13.3. The van der Waals surface area contributed by atoms with Crippen LogP contribution in [-0.4, -0.2) is 53.3 Å². The Kier molecular flexibility index (Phi) is 6.20. The summed E-state index contributed by atoms with van der Waals surface area (Å²) in [5, 5.41) is 3.09. The van der Waals surface area contributed by atoms with Crippen molar-refractivity contribution in [2.24, 2.45) is 28.9 Å². The van der Waals surface area contributed by atoms with Gasteiger partial charge in [-0.1, -0.05) is 30.3 Å². The van der Waals surface area contributed by atoms with Gasteiger partial charge in [-0.15, -0.1) is 0 Å². The number of nitrogens with two attached hydrogens (primary N) is 1. The molecule has 8 heteroatoms. The quantitative estimate of drug-likeness (QED) is 0.638. The standard InChI is InChI=1S/C28H39N3O5/c1-26(2,3)36-24(33)30-28(14-18-7-5-4-6-8-18)9-10-31(17-28)25(34)35-22-20-11-19-12-21(22)16-27(13-19,15-20)23(29)32/h4-8,19-22H,9-17H2,1-3H3,(H2,29,32)(H,30,33)/t19?,20-,21?,22?,27?,28?/m0/s1. The fourth-order valence-electron chi connectivity index (χ4n) is 7.49. The molecule has 4 bridgehead atoms. The number of ether oxygens (including phenoxy) is 2. The lowest BCUT2D eigenvalue weighted by atomic mass is 9.48. The maximum atomic E-state index is 13.4. The number of amides is 3. The summed E-state index contributed by atoms with van der Waals surface area (Å²) in [6.45, 7) is 6.36. The molecule has 5 fully saturated rings. The highest BCUT2D eigenvalue weighted by molar-refractivity contribution is 5.81. The number of nitrogens with zero attached hydrogens (tertiary/aromatic N) is 1. The van der Waals surface area contributed by atoms with Crippen LogP contribution < -0.4 is 11.1 Å². The van der Waals surface area contributed by atoms with Gasteiger partial charge in [0, 0.05) is 13.1 Å². The molecule has 5 aliphatic rings. The van der Waals surface area contributed by atoms with Crippen LogP contribution in [0.4, 0.5) is 9.59 Å². The number of alkyl carbamates (subject to hydrolysis) is 1. The maximum Gasteiger partial charge on any atom is 0.410 e. The van der Waals surface area contributed by atoms with E-state index in [1.165, 1.54) is 0 Å². The first-order chi connectivity index (χ1) is 17.0. The number of carbonyl (C=O) groups excluding carboxylic acids is 3. The van der Waals surface area contributed by atoms with E-state index in [4.69, 9.17) is 15.2 Å². The van der Waals surface area contributed by atoms with E-state index in [0.29, 0.717) is 31.8 Å². The zero-order valence-corrected chi connectivity index (χ0v) is 21.6. The third-order valence-corrected chi connectivity index (χ3v) is 8.71. The van der Waals surface area contributed by atoms with Gasteiger partial charge in [-0.05, 0) is 89.0 Å². The van der Waals surface area contributed by atoms with Crippen molar-refractivity contribution in [1.82, 2.24) is 10.2 Å². The molecule has 0 aromatic heterocycles. The third kappa shape index (κ3) is 4.91. The van der Waals surface area contributed by atoms with Crippen molar-refractivity contribution in [2.75, 3.05) is 13.1 Å². The number of hydrogen-bond donors (Lipinski definition) is 2. The summed E-state index contributed by atoms with van der Waals surface area (Å²) in [5.74, 6) is 0.715. The molecule has 1 saturated heterocycles. The SMILES string of the molecule is CC(C)(C)OC(=O)NC1(Cc2ccccc2)CCN(C(=O)OC2C3CC4C[C@H]2CC(C(N)=O)(C4)C3)C1. The fourth-order valence-corrected chi connectivity index (χ4v) is 7.49. The topological polar surface area (TPSA) is 111 Å². The van der Waals surface area contributed by atoms with Crippen LogP contribution in [0.15, 0.2) is 30.3 Å². The smallest absolute Gasteiger partial charge is 0.410 e. The van der Waals surface area contributed by atoms with Gasteiger partial charge >= 0.3 is 12.2 Å². The van der Waals surface area contributed by atoms with Crippen molar-refractivity contribution >= 4 is 18.1 Å². The van der Waals surface area contributed by atoms with Gasteiger partial charge in [0.2, 0.25) is 5.91 Å². The van der Waals surface area contributed by atoms with Gasteiger partial charge in [0.25, 0.3) is 0 Å². The molecule has 4 aliphatic carbocycles. The van der Waals surface area contributed by atoms with E-state index in [1.807, 2.05) is 51.1 Å². The summed E-state index contributed by atoms with van der Waals surface area (Å²) < 4.78 is 11.7. The molecule has 4 saturated carbocycles. The average molecular weight is 498 g/mol. The van der Waals surface area contributed by atoms with Crippen molar-refractivity contribution < 1.29 is 23.9 Å². The van der Waals surface area contributed by atoms with E-state index in [-0.39, 0.29) is 29.9 Å². The number of carbonyl (C=O) groups is 3. The molecule has 6 rings (SSSR count). The molecule has 1 heterocycles. The lowest BCUT2D eigenvalue weighted by molar-refractivity contribution is -0.161.